The zero-order chi connectivity index (χ0) is 7.56. The molecular formula is C7H5BrClFMgO. The van der Waals surface area contributed by atoms with Gasteiger partial charge in [0.15, 0.2) is 0 Å². The van der Waals surface area contributed by atoms with Crippen LogP contribution in [-0.2, 0) is 0 Å². The number of ether oxygens (including phenoxy) is 1. The number of hydrogen-bond donors (Lipinski definition) is 0. The van der Waals surface area contributed by atoms with E-state index < -0.39 is 5.82 Å². The number of benzene rings is 1. The molecule has 0 unspecified atom stereocenters. The second kappa shape index (κ2) is 6.94. The van der Waals surface area contributed by atoms with Crippen molar-refractivity contribution in [2.24, 2.45) is 0 Å². The van der Waals surface area contributed by atoms with Crippen molar-refractivity contribution < 1.29 is 26.1 Å². The third-order valence-electron chi connectivity index (χ3n) is 1.03. The summed E-state index contributed by atoms with van der Waals surface area (Å²) in [6, 6.07) is 4.87. The molecule has 0 atom stereocenters. The molecule has 0 spiro atoms. The summed E-state index contributed by atoms with van der Waals surface area (Å²) in [5.41, 5.74) is 0. The minimum atomic E-state index is -0.411. The van der Waals surface area contributed by atoms with E-state index in [2.05, 4.69) is 6.07 Å². The van der Waals surface area contributed by atoms with Gasteiger partial charge in [-0.05, 0) is 5.02 Å². The van der Waals surface area contributed by atoms with E-state index in [1.165, 1.54) is 19.2 Å². The normalized spacial score (nSPS) is 7.92. The Balaban J connectivity index is 0. The van der Waals surface area contributed by atoms with Gasteiger partial charge in [0, 0.05) is 11.6 Å². The second-order valence-electron chi connectivity index (χ2n) is 1.70. The van der Waals surface area contributed by atoms with Crippen molar-refractivity contribution in [3.63, 3.8) is 0 Å². The fraction of sp³-hybridized carbons (Fsp3) is 0.143. The Kier molecular flexibility index (Phi) is 8.67. The van der Waals surface area contributed by atoms with Gasteiger partial charge in [-0.1, -0.05) is 0 Å². The fourth-order valence-electron chi connectivity index (χ4n) is 0.588. The maximum atomic E-state index is 12.3. The van der Waals surface area contributed by atoms with E-state index >= 15 is 0 Å². The summed E-state index contributed by atoms with van der Waals surface area (Å²) >= 11 is 5.53. The molecule has 62 valence electrons. The first-order valence-corrected chi connectivity index (χ1v) is 3.02. The summed E-state index contributed by atoms with van der Waals surface area (Å²) in [7, 11) is 1.45. The number of hydrogen-bond acceptors (Lipinski definition) is 1. The summed E-state index contributed by atoms with van der Waals surface area (Å²) in [6.07, 6.45) is 0. The van der Waals surface area contributed by atoms with Crippen molar-refractivity contribution in [1.82, 2.24) is 0 Å². The molecule has 0 saturated heterocycles. The first-order chi connectivity index (χ1) is 4.74. The smallest absolute Gasteiger partial charge is 1.00 e. The van der Waals surface area contributed by atoms with Crippen LogP contribution in [0.25, 0.3) is 0 Å². The van der Waals surface area contributed by atoms with Gasteiger partial charge >= 0.3 is 23.1 Å². The van der Waals surface area contributed by atoms with Crippen LogP contribution in [0, 0.1) is 11.9 Å². The van der Waals surface area contributed by atoms with Crippen molar-refractivity contribution in [1.29, 1.82) is 0 Å². The zero-order valence-corrected chi connectivity index (χ0v) is 10.2. The van der Waals surface area contributed by atoms with E-state index in [0.717, 1.165) is 0 Å². The monoisotopic (exact) mass is 262 g/mol. The topological polar surface area (TPSA) is 9.23 Å². The first-order valence-electron chi connectivity index (χ1n) is 2.65. The fourth-order valence-corrected chi connectivity index (χ4v) is 0.824. The maximum Gasteiger partial charge on any atom is 2.00 e. The molecule has 0 bridgehead atoms. The number of rotatable bonds is 1. The van der Waals surface area contributed by atoms with Gasteiger partial charge in [0.1, 0.15) is 0 Å². The van der Waals surface area contributed by atoms with Crippen molar-refractivity contribution in [3.8, 4) is 5.75 Å². The van der Waals surface area contributed by atoms with E-state index in [0.29, 0.717) is 5.75 Å². The third-order valence-corrected chi connectivity index (χ3v) is 1.31. The van der Waals surface area contributed by atoms with E-state index in [1.54, 1.807) is 0 Å². The van der Waals surface area contributed by atoms with E-state index in [4.69, 9.17) is 16.3 Å². The summed E-state index contributed by atoms with van der Waals surface area (Å²) in [5, 5.41) is 0.238. The van der Waals surface area contributed by atoms with E-state index in [9.17, 15) is 4.39 Å². The second-order valence-corrected chi connectivity index (χ2v) is 2.11. The van der Waals surface area contributed by atoms with Crippen LogP contribution in [0.1, 0.15) is 0 Å². The van der Waals surface area contributed by atoms with E-state index in [1.807, 2.05) is 0 Å². The molecule has 1 aromatic rings. The molecule has 0 radical (unpaired) electrons. The van der Waals surface area contributed by atoms with Crippen LogP contribution < -0.4 is 21.7 Å². The minimum Gasteiger partial charge on any atom is -1.00 e. The molecule has 0 N–H and O–H groups in total. The van der Waals surface area contributed by atoms with Crippen LogP contribution in [0.15, 0.2) is 12.1 Å². The Morgan fingerprint density at radius 2 is 2.17 bits per heavy atom. The van der Waals surface area contributed by atoms with Gasteiger partial charge in [0.2, 0.25) is 0 Å². The predicted octanol–water partition coefficient (Wildman–Crippen LogP) is -1.09. The molecule has 0 aliphatic carbocycles. The zero-order valence-electron chi connectivity index (χ0n) is 6.40. The Morgan fingerprint density at radius 3 is 2.58 bits per heavy atom. The van der Waals surface area contributed by atoms with Crippen molar-refractivity contribution in [2.45, 2.75) is 0 Å². The summed E-state index contributed by atoms with van der Waals surface area (Å²) in [4.78, 5) is 0. The van der Waals surface area contributed by atoms with Gasteiger partial charge in [0.25, 0.3) is 0 Å². The van der Waals surface area contributed by atoms with Crippen LogP contribution in [-0.4, -0.2) is 30.2 Å². The van der Waals surface area contributed by atoms with Gasteiger partial charge in [-0.3, -0.25) is 4.39 Å². The molecule has 0 aliphatic rings. The Hall–Kier alpha value is 0.486. The Labute approximate surface area is 102 Å². The predicted molar refractivity (Wildman–Crippen MR) is 42.6 cm³/mol. The molecular weight excluding hydrogens is 259 g/mol. The molecule has 1 aromatic carbocycles. The first kappa shape index (κ1) is 15.0. The molecule has 0 saturated carbocycles. The van der Waals surface area contributed by atoms with Crippen molar-refractivity contribution >= 4 is 34.7 Å². The van der Waals surface area contributed by atoms with E-state index in [-0.39, 0.29) is 45.1 Å². The summed E-state index contributed by atoms with van der Waals surface area (Å²) in [5.74, 6) is -0.0473. The average Bonchev–Trinajstić information content (AvgIpc) is 1.88. The minimum absolute atomic E-state index is 0. The number of methoxy groups -OCH3 is 1. The van der Waals surface area contributed by atoms with Crippen LogP contribution >= 0.6 is 11.6 Å². The Morgan fingerprint density at radius 1 is 1.58 bits per heavy atom. The van der Waals surface area contributed by atoms with Crippen molar-refractivity contribution in [3.05, 3.63) is 29.0 Å². The molecule has 0 amide bonds. The molecule has 0 heterocycles. The van der Waals surface area contributed by atoms with Gasteiger partial charge in [-0.15, -0.1) is 18.2 Å². The standard InChI is InChI=1S/C7H5ClFO.BrH.Mg/c1-10-7-3-2-5(9)4-6(7)8;;/h2,4H,1H3;1H;/q-1;;+2/p-1. The number of halogens is 3. The van der Waals surface area contributed by atoms with Crippen LogP contribution in [0.5, 0.6) is 5.75 Å². The SMILES string of the molecule is COc1[c-]cc(F)cc1Cl.[Br-].[Mg+2]. The molecule has 1 rings (SSSR count). The van der Waals surface area contributed by atoms with Gasteiger partial charge < -0.3 is 21.7 Å². The molecule has 12 heavy (non-hydrogen) atoms. The molecule has 0 aromatic heterocycles. The summed E-state index contributed by atoms with van der Waals surface area (Å²) < 4.78 is 17.1. The molecule has 5 heteroatoms. The van der Waals surface area contributed by atoms with Crippen LogP contribution in [0.3, 0.4) is 0 Å². The van der Waals surface area contributed by atoms with Gasteiger partial charge in [-0.2, -0.15) is 11.6 Å². The third kappa shape index (κ3) is 3.93. The average molecular weight is 264 g/mol. The van der Waals surface area contributed by atoms with Crippen LogP contribution in [0.2, 0.25) is 5.02 Å². The largest absolute Gasteiger partial charge is 2.00 e. The van der Waals surface area contributed by atoms with Gasteiger partial charge in [0.05, 0.1) is 7.11 Å². The molecule has 0 aliphatic heterocycles. The summed E-state index contributed by atoms with van der Waals surface area (Å²) in [6.45, 7) is 0. The van der Waals surface area contributed by atoms with Crippen molar-refractivity contribution in [2.75, 3.05) is 7.11 Å². The molecule has 0 fully saturated rings. The van der Waals surface area contributed by atoms with Gasteiger partial charge in [-0.25, -0.2) is 0 Å². The molecule has 1 nitrogen and oxygen atoms in total. The quantitative estimate of drug-likeness (QED) is 0.462. The maximum absolute atomic E-state index is 12.3. The van der Waals surface area contributed by atoms with Crippen LogP contribution in [0.4, 0.5) is 4.39 Å². The Bertz CT molecular complexity index is 247.